The molecule has 2 amide bonds. The van der Waals surface area contributed by atoms with Crippen molar-refractivity contribution in [1.29, 1.82) is 0 Å². The molecule has 0 N–H and O–H groups in total. The first-order valence-corrected chi connectivity index (χ1v) is 10.2. The van der Waals surface area contributed by atoms with Gasteiger partial charge in [-0.3, -0.25) is 9.59 Å². The molecule has 144 valence electrons. The van der Waals surface area contributed by atoms with Crippen molar-refractivity contribution >= 4 is 40.7 Å². The van der Waals surface area contributed by atoms with Gasteiger partial charge in [0.1, 0.15) is 17.7 Å². The van der Waals surface area contributed by atoms with Gasteiger partial charge in [0.25, 0.3) is 5.91 Å². The number of hydrogen-bond acceptors (Lipinski definition) is 3. The Hall–Kier alpha value is -1.59. The Bertz CT molecular complexity index is 826. The van der Waals surface area contributed by atoms with E-state index < -0.39 is 17.6 Å². The molecular formula is C20H20Cl2FNO3. The molecule has 1 aromatic rings. The lowest BCUT2D eigenvalue weighted by Gasteiger charge is -2.34. The Balaban J connectivity index is 1.68. The van der Waals surface area contributed by atoms with Gasteiger partial charge < -0.3 is 4.74 Å². The Labute approximate surface area is 167 Å². The lowest BCUT2D eigenvalue weighted by atomic mass is 9.85. The molecule has 3 aliphatic rings. The summed E-state index contributed by atoms with van der Waals surface area (Å²) in [6.45, 7) is 0. The van der Waals surface area contributed by atoms with Gasteiger partial charge in [0, 0.05) is 11.6 Å². The van der Waals surface area contributed by atoms with Crippen LogP contribution in [0, 0.1) is 11.7 Å². The smallest absolute Gasteiger partial charge is 0.260 e. The van der Waals surface area contributed by atoms with Gasteiger partial charge in [-0.25, -0.2) is 9.29 Å². The predicted octanol–water partition coefficient (Wildman–Crippen LogP) is 5.01. The van der Waals surface area contributed by atoms with Crippen LogP contribution in [0.4, 0.5) is 10.1 Å². The highest BCUT2D eigenvalue weighted by molar-refractivity contribution is 6.32. The highest BCUT2D eigenvalue weighted by Crippen LogP contribution is 2.39. The van der Waals surface area contributed by atoms with Crippen molar-refractivity contribution in [3.05, 3.63) is 34.6 Å². The molecule has 0 aromatic heterocycles. The molecule has 1 aliphatic heterocycles. The summed E-state index contributed by atoms with van der Waals surface area (Å²) in [4.78, 5) is 26.4. The van der Waals surface area contributed by atoms with Crippen molar-refractivity contribution < 1.29 is 18.7 Å². The molecule has 1 aromatic carbocycles. The van der Waals surface area contributed by atoms with E-state index in [9.17, 15) is 14.0 Å². The fourth-order valence-corrected chi connectivity index (χ4v) is 4.59. The average molecular weight is 412 g/mol. The zero-order valence-corrected chi connectivity index (χ0v) is 16.2. The zero-order valence-electron chi connectivity index (χ0n) is 14.7. The monoisotopic (exact) mass is 411 g/mol. The van der Waals surface area contributed by atoms with Gasteiger partial charge in [0.05, 0.1) is 22.0 Å². The number of carbonyl (C=O) groups excluding carboxylic acids is 2. The van der Waals surface area contributed by atoms with Crippen LogP contribution >= 0.6 is 23.2 Å². The quantitative estimate of drug-likeness (QED) is 0.518. The summed E-state index contributed by atoms with van der Waals surface area (Å²) in [6.07, 6.45) is 7.22. The second-order valence-electron chi connectivity index (χ2n) is 7.36. The van der Waals surface area contributed by atoms with Crippen LogP contribution < -0.4 is 9.64 Å². The number of ether oxygens (including phenoxy) is 1. The molecule has 27 heavy (non-hydrogen) atoms. The molecular weight excluding hydrogens is 392 g/mol. The van der Waals surface area contributed by atoms with Crippen molar-refractivity contribution in [2.75, 3.05) is 4.90 Å². The van der Waals surface area contributed by atoms with Crippen LogP contribution in [-0.2, 0) is 9.59 Å². The standard InChI is InChI=1S/C20H20Cl2FNO3/c21-13-6-1-2-7-17(13)27-18-10-16(15(23)9-14(18)22)24-19(25)11-4-3-5-12(8-11)20(24)26/h8-11,13,17H,1-7H2. The van der Waals surface area contributed by atoms with Gasteiger partial charge in [0.15, 0.2) is 0 Å². The highest BCUT2D eigenvalue weighted by Gasteiger charge is 2.39. The van der Waals surface area contributed by atoms with E-state index >= 15 is 0 Å². The van der Waals surface area contributed by atoms with Crippen molar-refractivity contribution in [3.63, 3.8) is 0 Å². The van der Waals surface area contributed by atoms with Crippen LogP contribution in [0.25, 0.3) is 0 Å². The summed E-state index contributed by atoms with van der Waals surface area (Å²) in [5.41, 5.74) is 0.458. The number of nitrogens with zero attached hydrogens (tertiary/aromatic N) is 1. The first-order chi connectivity index (χ1) is 13.0. The fraction of sp³-hybridized carbons (Fsp3) is 0.500. The van der Waals surface area contributed by atoms with Crippen molar-refractivity contribution in [1.82, 2.24) is 0 Å². The molecule has 3 atom stereocenters. The number of alkyl halides is 1. The van der Waals surface area contributed by atoms with Crippen molar-refractivity contribution in [2.45, 2.75) is 56.4 Å². The molecule has 0 radical (unpaired) electrons. The second-order valence-corrected chi connectivity index (χ2v) is 8.33. The van der Waals surface area contributed by atoms with Gasteiger partial charge in [-0.05, 0) is 44.6 Å². The molecule has 4 rings (SSSR count). The third-order valence-electron chi connectivity index (χ3n) is 5.52. The van der Waals surface area contributed by atoms with Crippen LogP contribution in [0.15, 0.2) is 23.8 Å². The lowest BCUT2D eigenvalue weighted by molar-refractivity contribution is -0.128. The van der Waals surface area contributed by atoms with Crippen LogP contribution in [-0.4, -0.2) is 23.3 Å². The third kappa shape index (κ3) is 3.47. The van der Waals surface area contributed by atoms with E-state index in [1.165, 1.54) is 6.07 Å². The maximum Gasteiger partial charge on any atom is 0.260 e. The summed E-state index contributed by atoms with van der Waals surface area (Å²) in [6, 6.07) is 2.45. The number of rotatable bonds is 3. The molecule has 1 heterocycles. The second kappa shape index (κ2) is 7.44. The zero-order chi connectivity index (χ0) is 19.1. The molecule has 2 bridgehead atoms. The van der Waals surface area contributed by atoms with Crippen LogP contribution in [0.3, 0.4) is 0 Å². The van der Waals surface area contributed by atoms with Gasteiger partial charge >= 0.3 is 0 Å². The van der Waals surface area contributed by atoms with Gasteiger partial charge in [-0.1, -0.05) is 24.1 Å². The van der Waals surface area contributed by atoms with Crippen molar-refractivity contribution in [2.24, 2.45) is 5.92 Å². The summed E-state index contributed by atoms with van der Waals surface area (Å²) < 4.78 is 20.6. The number of amides is 2. The average Bonchev–Trinajstić information content (AvgIpc) is 2.66. The van der Waals surface area contributed by atoms with E-state index in [0.29, 0.717) is 18.4 Å². The number of benzene rings is 1. The van der Waals surface area contributed by atoms with Crippen LogP contribution in [0.5, 0.6) is 5.75 Å². The van der Waals surface area contributed by atoms with E-state index in [1.807, 2.05) is 0 Å². The number of fused-ring (bicyclic) bond motifs is 1. The first kappa shape index (κ1) is 18.8. The Kier molecular flexibility index (Phi) is 5.17. The Morgan fingerprint density at radius 3 is 2.67 bits per heavy atom. The van der Waals surface area contributed by atoms with Crippen LogP contribution in [0.1, 0.15) is 44.9 Å². The van der Waals surface area contributed by atoms with Gasteiger partial charge in [-0.2, -0.15) is 0 Å². The first-order valence-electron chi connectivity index (χ1n) is 9.34. The topological polar surface area (TPSA) is 46.6 Å². The van der Waals surface area contributed by atoms with E-state index in [2.05, 4.69) is 0 Å². The summed E-state index contributed by atoms with van der Waals surface area (Å²) in [7, 11) is 0. The van der Waals surface area contributed by atoms with Gasteiger partial charge in [0.2, 0.25) is 5.91 Å². The number of halogens is 3. The number of hydrogen-bond donors (Lipinski definition) is 0. The molecule has 0 spiro atoms. The molecule has 1 fully saturated rings. The van der Waals surface area contributed by atoms with Crippen molar-refractivity contribution in [3.8, 4) is 5.75 Å². The molecule has 7 heteroatoms. The predicted molar refractivity (Wildman–Crippen MR) is 102 cm³/mol. The Morgan fingerprint density at radius 2 is 1.89 bits per heavy atom. The SMILES string of the molecule is O=C1C2=CC(CCC2)C(=O)N1c1cc(OC2CCCCC2Cl)c(Cl)cc1F. The number of anilines is 1. The van der Waals surface area contributed by atoms with Crippen LogP contribution in [0.2, 0.25) is 5.02 Å². The fourth-order valence-electron chi connectivity index (χ4n) is 4.06. The Morgan fingerprint density at radius 1 is 1.11 bits per heavy atom. The maximum absolute atomic E-state index is 14.7. The minimum atomic E-state index is -0.722. The van der Waals surface area contributed by atoms with E-state index in [-0.39, 0.29) is 33.9 Å². The highest BCUT2D eigenvalue weighted by atomic mass is 35.5. The lowest BCUT2D eigenvalue weighted by Crippen LogP contribution is -2.46. The molecule has 1 saturated carbocycles. The van der Waals surface area contributed by atoms with E-state index in [1.54, 1.807) is 6.08 Å². The third-order valence-corrected chi connectivity index (χ3v) is 6.32. The van der Waals surface area contributed by atoms with E-state index in [4.69, 9.17) is 27.9 Å². The largest absolute Gasteiger partial charge is 0.487 e. The number of carbonyl (C=O) groups is 2. The summed E-state index contributed by atoms with van der Waals surface area (Å²) >= 11 is 12.5. The normalized spacial score (nSPS) is 28.2. The maximum atomic E-state index is 14.7. The summed E-state index contributed by atoms with van der Waals surface area (Å²) in [5.74, 6) is -1.72. The van der Waals surface area contributed by atoms with E-state index in [0.717, 1.165) is 43.1 Å². The molecule has 2 aliphatic carbocycles. The molecule has 3 unspecified atom stereocenters. The minimum Gasteiger partial charge on any atom is -0.487 e. The molecule has 0 saturated heterocycles. The number of imide groups is 1. The van der Waals surface area contributed by atoms with Gasteiger partial charge in [-0.15, -0.1) is 11.6 Å². The minimum absolute atomic E-state index is 0.0991. The molecule has 4 nitrogen and oxygen atoms in total. The summed E-state index contributed by atoms with van der Waals surface area (Å²) in [5, 5.41) is -0.0481.